The normalized spacial score (nSPS) is 39.8. The summed E-state index contributed by atoms with van der Waals surface area (Å²) in [5, 5.41) is 9.64. The minimum absolute atomic E-state index is 0.0927. The van der Waals surface area contributed by atoms with E-state index in [1.54, 1.807) is 0 Å². The van der Waals surface area contributed by atoms with Gasteiger partial charge in [-0.3, -0.25) is 0 Å². The van der Waals surface area contributed by atoms with Crippen molar-refractivity contribution in [2.75, 3.05) is 0 Å². The van der Waals surface area contributed by atoms with Gasteiger partial charge in [0.25, 0.3) is 0 Å². The van der Waals surface area contributed by atoms with Crippen molar-refractivity contribution in [1.82, 2.24) is 0 Å². The molecule has 2 nitrogen and oxygen atoms in total. The van der Waals surface area contributed by atoms with Gasteiger partial charge in [-0.1, -0.05) is 48.6 Å². The van der Waals surface area contributed by atoms with E-state index in [2.05, 4.69) is 30.4 Å². The van der Waals surface area contributed by atoms with Crippen molar-refractivity contribution in [3.05, 3.63) is 59.7 Å². The van der Waals surface area contributed by atoms with Crippen molar-refractivity contribution < 1.29 is 4.74 Å². The van der Waals surface area contributed by atoms with Gasteiger partial charge in [0.05, 0.1) is 12.2 Å². The molecule has 0 amide bonds. The zero-order valence-corrected chi connectivity index (χ0v) is 9.21. The lowest BCUT2D eigenvalue weighted by Crippen LogP contribution is -2.36. The monoisotopic (exact) mass is 221 g/mol. The fourth-order valence-corrected chi connectivity index (χ4v) is 3.24. The Labute approximate surface area is 99.8 Å². The number of rotatable bonds is 0. The average molecular weight is 221 g/mol. The van der Waals surface area contributed by atoms with Crippen LogP contribution >= 0.6 is 0 Å². The summed E-state index contributed by atoms with van der Waals surface area (Å²) in [7, 11) is 0. The van der Waals surface area contributed by atoms with E-state index in [4.69, 9.17) is 4.74 Å². The number of hydrogen-bond acceptors (Lipinski definition) is 2. The molecule has 0 radical (unpaired) electrons. The molecule has 0 spiro atoms. The van der Waals surface area contributed by atoms with Crippen LogP contribution in [0, 0.1) is 11.3 Å². The van der Waals surface area contributed by atoms with Gasteiger partial charge >= 0.3 is 0 Å². The summed E-state index contributed by atoms with van der Waals surface area (Å²) < 4.78 is 5.99. The Morgan fingerprint density at radius 3 is 2.94 bits per heavy atom. The highest BCUT2D eigenvalue weighted by molar-refractivity contribution is 5.56. The van der Waals surface area contributed by atoms with Crippen molar-refractivity contribution in [1.29, 1.82) is 5.26 Å². The molecule has 1 aromatic rings. The highest BCUT2D eigenvalue weighted by Gasteiger charge is 2.50. The molecule has 1 aromatic carbocycles. The van der Waals surface area contributed by atoms with Gasteiger partial charge in [0.15, 0.2) is 0 Å². The lowest BCUT2D eigenvalue weighted by Gasteiger charge is -2.31. The topological polar surface area (TPSA) is 33.0 Å². The molecular weight excluding hydrogens is 210 g/mol. The molecule has 82 valence electrons. The highest BCUT2D eigenvalue weighted by Crippen LogP contribution is 2.49. The van der Waals surface area contributed by atoms with E-state index in [-0.39, 0.29) is 18.1 Å². The van der Waals surface area contributed by atoms with Crippen LogP contribution in [0.1, 0.15) is 17.0 Å². The number of ether oxygens (including phenoxy) is 1. The van der Waals surface area contributed by atoms with E-state index in [0.717, 1.165) is 5.56 Å². The van der Waals surface area contributed by atoms with Gasteiger partial charge in [0, 0.05) is 5.92 Å². The van der Waals surface area contributed by atoms with E-state index in [9.17, 15) is 5.26 Å². The quantitative estimate of drug-likeness (QED) is 0.630. The number of nitriles is 1. The summed E-state index contributed by atoms with van der Waals surface area (Å²) >= 11 is 0. The second-order valence-electron chi connectivity index (χ2n) is 4.86. The predicted octanol–water partition coefficient (Wildman–Crippen LogP) is 2.44. The van der Waals surface area contributed by atoms with Crippen LogP contribution < -0.4 is 0 Å². The number of hydrogen-bond donors (Lipinski definition) is 0. The molecule has 0 aromatic heterocycles. The van der Waals surface area contributed by atoms with Crippen LogP contribution in [0.2, 0.25) is 0 Å². The van der Waals surface area contributed by atoms with Crippen molar-refractivity contribution >= 4 is 0 Å². The number of benzene rings is 1. The Kier molecular flexibility index (Phi) is 1.56. The zero-order valence-electron chi connectivity index (χ0n) is 9.21. The Hall–Kier alpha value is -1.85. The Morgan fingerprint density at radius 2 is 2.06 bits per heavy atom. The van der Waals surface area contributed by atoms with Crippen molar-refractivity contribution in [2.45, 2.75) is 23.5 Å². The zero-order chi connectivity index (χ0) is 11.5. The molecule has 4 aliphatic rings. The Morgan fingerprint density at radius 1 is 1.18 bits per heavy atom. The molecular formula is C15H11NO. The van der Waals surface area contributed by atoms with Crippen LogP contribution in [0.3, 0.4) is 0 Å². The highest BCUT2D eigenvalue weighted by atomic mass is 16.5. The van der Waals surface area contributed by atoms with Gasteiger partial charge in [0.1, 0.15) is 11.5 Å². The van der Waals surface area contributed by atoms with Gasteiger partial charge < -0.3 is 4.74 Å². The molecule has 5 rings (SSSR count). The number of nitrogens with zero attached hydrogens (tertiary/aromatic N) is 1. The third-order valence-corrected chi connectivity index (χ3v) is 4.10. The minimum Gasteiger partial charge on any atom is -0.364 e. The molecule has 17 heavy (non-hydrogen) atoms. The molecule has 0 saturated heterocycles. The van der Waals surface area contributed by atoms with Crippen LogP contribution in [0.4, 0.5) is 0 Å². The van der Waals surface area contributed by atoms with Crippen LogP contribution in [-0.4, -0.2) is 12.2 Å². The van der Waals surface area contributed by atoms with E-state index < -0.39 is 5.41 Å². The van der Waals surface area contributed by atoms with Crippen LogP contribution in [0.15, 0.2) is 48.6 Å². The van der Waals surface area contributed by atoms with Crippen LogP contribution in [-0.2, 0) is 10.2 Å². The SMILES string of the molecule is N#C[C@@]12C=C[C@@H](c3ccccc31)[C@@H]1C=C[C@H]2O1. The third-order valence-electron chi connectivity index (χ3n) is 4.10. The van der Waals surface area contributed by atoms with Crippen molar-refractivity contribution in [3.63, 3.8) is 0 Å². The molecule has 0 unspecified atom stereocenters. The minimum atomic E-state index is -0.630. The molecule has 3 aliphatic heterocycles. The molecule has 4 atom stereocenters. The summed E-state index contributed by atoms with van der Waals surface area (Å²) in [6.45, 7) is 0. The second-order valence-corrected chi connectivity index (χ2v) is 4.86. The summed E-state index contributed by atoms with van der Waals surface area (Å²) in [5.74, 6) is 0.261. The smallest absolute Gasteiger partial charge is 0.130 e. The summed E-state index contributed by atoms with van der Waals surface area (Å²) in [5.41, 5.74) is 1.73. The van der Waals surface area contributed by atoms with Crippen LogP contribution in [0.25, 0.3) is 0 Å². The molecule has 2 heteroatoms. The maximum atomic E-state index is 9.64. The van der Waals surface area contributed by atoms with E-state index >= 15 is 0 Å². The Bertz CT molecular complexity index is 595. The molecule has 0 fully saturated rings. The van der Waals surface area contributed by atoms with Gasteiger partial charge in [-0.2, -0.15) is 5.26 Å². The summed E-state index contributed by atoms with van der Waals surface area (Å²) in [6, 6.07) is 10.7. The molecule has 4 bridgehead atoms. The van der Waals surface area contributed by atoms with Gasteiger partial charge in [-0.15, -0.1) is 0 Å². The Balaban J connectivity index is 2.09. The van der Waals surface area contributed by atoms with E-state index in [1.165, 1.54) is 5.56 Å². The standard InChI is InChI=1S/C15H11NO/c16-9-15-8-7-11(13-5-6-14(15)17-13)10-3-1-2-4-12(10)15/h1-8,11,13-14H/t11-,13-,14+,15-/m0/s1. The average Bonchev–Trinajstić information content (AvgIpc) is 2.76. The first-order chi connectivity index (χ1) is 8.35. The first-order valence-electron chi connectivity index (χ1n) is 5.89. The van der Waals surface area contributed by atoms with Gasteiger partial charge in [-0.25, -0.2) is 0 Å². The first kappa shape index (κ1) is 9.21. The summed E-state index contributed by atoms with van der Waals surface area (Å²) in [4.78, 5) is 0. The lowest BCUT2D eigenvalue weighted by molar-refractivity contribution is 0.0446. The second kappa shape index (κ2) is 2.88. The van der Waals surface area contributed by atoms with E-state index in [0.29, 0.717) is 0 Å². The molecule has 0 N–H and O–H groups in total. The molecule has 1 aliphatic carbocycles. The van der Waals surface area contributed by atoms with Gasteiger partial charge in [-0.05, 0) is 11.1 Å². The lowest BCUT2D eigenvalue weighted by atomic mass is 9.68. The van der Waals surface area contributed by atoms with Crippen molar-refractivity contribution in [3.8, 4) is 6.07 Å². The van der Waals surface area contributed by atoms with E-state index in [1.807, 2.05) is 24.3 Å². The summed E-state index contributed by atoms with van der Waals surface area (Å²) in [6.07, 6.45) is 8.27. The maximum absolute atomic E-state index is 9.64. The fraction of sp³-hybridized carbons (Fsp3) is 0.267. The van der Waals surface area contributed by atoms with Crippen molar-refractivity contribution in [2.24, 2.45) is 0 Å². The molecule has 0 saturated carbocycles. The fourth-order valence-electron chi connectivity index (χ4n) is 3.24. The first-order valence-corrected chi connectivity index (χ1v) is 5.89. The maximum Gasteiger partial charge on any atom is 0.130 e. The molecule has 3 heterocycles. The largest absolute Gasteiger partial charge is 0.364 e. The third kappa shape index (κ3) is 0.940. The predicted molar refractivity (Wildman–Crippen MR) is 63.4 cm³/mol. The van der Waals surface area contributed by atoms with Gasteiger partial charge in [0.2, 0.25) is 0 Å². The van der Waals surface area contributed by atoms with Crippen LogP contribution in [0.5, 0.6) is 0 Å².